The summed E-state index contributed by atoms with van der Waals surface area (Å²) in [4.78, 5) is 16.3. The average Bonchev–Trinajstić information content (AvgIpc) is 2.95. The van der Waals surface area contributed by atoms with Crippen LogP contribution in [0.4, 0.5) is 0 Å². The van der Waals surface area contributed by atoms with E-state index in [9.17, 15) is 4.79 Å². The number of nitrogens with zero attached hydrogens (tertiary/aromatic N) is 1. The van der Waals surface area contributed by atoms with Gasteiger partial charge in [-0.3, -0.25) is 4.79 Å². The Kier molecular flexibility index (Phi) is 4.71. The van der Waals surface area contributed by atoms with E-state index in [1.807, 2.05) is 48.5 Å². The Balaban J connectivity index is 1.53. The number of ether oxygens (including phenoxy) is 1. The fourth-order valence-corrected chi connectivity index (χ4v) is 3.24. The zero-order chi connectivity index (χ0) is 15.4. The van der Waals surface area contributed by atoms with E-state index in [1.54, 1.807) is 11.3 Å². The van der Waals surface area contributed by atoms with Gasteiger partial charge in [-0.15, -0.1) is 11.3 Å². The molecule has 0 fully saturated rings. The Bertz CT molecular complexity index is 767. The van der Waals surface area contributed by atoms with Crippen molar-refractivity contribution < 1.29 is 9.53 Å². The number of aryl methyl sites for hydroxylation is 1. The van der Waals surface area contributed by atoms with Gasteiger partial charge in [0.25, 0.3) is 0 Å². The average molecular weight is 332 g/mol. The normalized spacial score (nSPS) is 10.8. The second kappa shape index (κ2) is 6.90. The van der Waals surface area contributed by atoms with E-state index in [2.05, 4.69) is 4.98 Å². The number of para-hydroxylation sites is 1. The number of hydrogen-bond donors (Lipinski definition) is 0. The number of hydrogen-bond acceptors (Lipinski definition) is 4. The van der Waals surface area contributed by atoms with Gasteiger partial charge in [-0.2, -0.15) is 0 Å². The molecule has 0 unspecified atom stereocenters. The zero-order valence-electron chi connectivity index (χ0n) is 11.8. The molecule has 112 valence electrons. The molecule has 0 spiro atoms. The third-order valence-corrected chi connectivity index (χ3v) is 4.63. The monoisotopic (exact) mass is 331 g/mol. The third-order valence-electron chi connectivity index (χ3n) is 3.25. The number of fused-ring (bicyclic) bond motifs is 1. The van der Waals surface area contributed by atoms with Crippen molar-refractivity contribution in [1.29, 1.82) is 0 Å². The molecule has 0 saturated carbocycles. The van der Waals surface area contributed by atoms with Crippen molar-refractivity contribution in [2.75, 3.05) is 0 Å². The first-order chi connectivity index (χ1) is 10.7. The third kappa shape index (κ3) is 3.64. The summed E-state index contributed by atoms with van der Waals surface area (Å²) in [6.07, 6.45) is 0.896. The number of carbonyl (C=O) groups excluding carboxylic acids is 1. The molecule has 2 aromatic carbocycles. The molecule has 0 atom stereocenters. The summed E-state index contributed by atoms with van der Waals surface area (Å²) in [6, 6.07) is 15.4. The van der Waals surface area contributed by atoms with Gasteiger partial charge in [0.05, 0.1) is 10.2 Å². The smallest absolute Gasteiger partial charge is 0.306 e. The number of aromatic nitrogens is 1. The van der Waals surface area contributed by atoms with Crippen LogP contribution >= 0.6 is 22.9 Å². The standard InChI is InChI=1S/C17H14ClNO2S/c18-13-6-2-1-5-12(13)9-10-17(20)21-11-16-19-14-7-3-4-8-15(14)22-16/h1-8H,9-11H2. The molecule has 0 bridgehead atoms. The summed E-state index contributed by atoms with van der Waals surface area (Å²) in [5, 5.41) is 1.49. The van der Waals surface area contributed by atoms with Gasteiger partial charge in [0.2, 0.25) is 0 Å². The molecular weight excluding hydrogens is 318 g/mol. The maximum Gasteiger partial charge on any atom is 0.306 e. The molecule has 3 aromatic rings. The van der Waals surface area contributed by atoms with E-state index in [0.29, 0.717) is 17.9 Å². The number of halogens is 1. The summed E-state index contributed by atoms with van der Waals surface area (Å²) in [5.41, 5.74) is 1.90. The largest absolute Gasteiger partial charge is 0.458 e. The predicted octanol–water partition coefficient (Wildman–Crippen LogP) is 4.63. The van der Waals surface area contributed by atoms with E-state index >= 15 is 0 Å². The van der Waals surface area contributed by atoms with Crippen molar-refractivity contribution in [2.45, 2.75) is 19.4 Å². The van der Waals surface area contributed by atoms with Crippen LogP contribution < -0.4 is 0 Å². The minimum Gasteiger partial charge on any atom is -0.458 e. The second-order valence-corrected chi connectivity index (χ2v) is 6.35. The molecule has 22 heavy (non-hydrogen) atoms. The zero-order valence-corrected chi connectivity index (χ0v) is 13.4. The van der Waals surface area contributed by atoms with Gasteiger partial charge >= 0.3 is 5.97 Å². The first-order valence-electron chi connectivity index (χ1n) is 6.96. The summed E-state index contributed by atoms with van der Waals surface area (Å²) in [6.45, 7) is 0.223. The van der Waals surface area contributed by atoms with Crippen LogP contribution in [0.15, 0.2) is 48.5 Å². The minimum absolute atomic E-state index is 0.223. The van der Waals surface area contributed by atoms with Gasteiger partial charge in [0, 0.05) is 11.4 Å². The fourth-order valence-electron chi connectivity index (χ4n) is 2.13. The lowest BCUT2D eigenvalue weighted by Crippen LogP contribution is -2.06. The van der Waals surface area contributed by atoms with Gasteiger partial charge in [-0.25, -0.2) is 4.98 Å². The Morgan fingerprint density at radius 3 is 2.73 bits per heavy atom. The highest BCUT2D eigenvalue weighted by Gasteiger charge is 2.09. The molecule has 0 saturated heterocycles. The molecule has 5 heteroatoms. The van der Waals surface area contributed by atoms with Gasteiger partial charge in [0.1, 0.15) is 11.6 Å². The highest BCUT2D eigenvalue weighted by Crippen LogP contribution is 2.22. The van der Waals surface area contributed by atoms with Crippen LogP contribution in [0.2, 0.25) is 5.02 Å². The first-order valence-corrected chi connectivity index (χ1v) is 8.15. The Labute approximate surface area is 137 Å². The van der Waals surface area contributed by atoms with Gasteiger partial charge in [-0.05, 0) is 30.2 Å². The topological polar surface area (TPSA) is 39.2 Å². The van der Waals surface area contributed by atoms with Crippen LogP contribution in [0, 0.1) is 0 Å². The molecule has 0 amide bonds. The predicted molar refractivity (Wildman–Crippen MR) is 89.2 cm³/mol. The minimum atomic E-state index is -0.237. The molecular formula is C17H14ClNO2S. The van der Waals surface area contributed by atoms with Gasteiger partial charge in [0.15, 0.2) is 0 Å². The molecule has 1 aromatic heterocycles. The lowest BCUT2D eigenvalue weighted by atomic mass is 10.1. The quantitative estimate of drug-likeness (QED) is 0.640. The van der Waals surface area contributed by atoms with E-state index in [0.717, 1.165) is 20.8 Å². The van der Waals surface area contributed by atoms with Crippen LogP contribution in [0.25, 0.3) is 10.2 Å². The summed E-state index contributed by atoms with van der Waals surface area (Å²) in [7, 11) is 0. The lowest BCUT2D eigenvalue weighted by Gasteiger charge is -2.04. The number of carbonyl (C=O) groups is 1. The molecule has 3 rings (SSSR count). The molecule has 0 aliphatic heterocycles. The van der Waals surface area contributed by atoms with E-state index < -0.39 is 0 Å². The number of rotatable bonds is 5. The van der Waals surface area contributed by atoms with Gasteiger partial charge < -0.3 is 4.74 Å². The number of benzene rings is 2. The molecule has 0 N–H and O–H groups in total. The Morgan fingerprint density at radius 1 is 1.14 bits per heavy atom. The molecule has 0 aliphatic carbocycles. The van der Waals surface area contributed by atoms with Crippen molar-refractivity contribution in [3.05, 3.63) is 64.1 Å². The molecule has 3 nitrogen and oxygen atoms in total. The van der Waals surface area contributed by atoms with Crippen LogP contribution in [0.1, 0.15) is 17.0 Å². The van der Waals surface area contributed by atoms with Gasteiger partial charge in [-0.1, -0.05) is 41.9 Å². The lowest BCUT2D eigenvalue weighted by molar-refractivity contribution is -0.144. The molecule has 0 radical (unpaired) electrons. The maximum absolute atomic E-state index is 11.8. The van der Waals surface area contributed by atoms with Crippen molar-refractivity contribution in [3.8, 4) is 0 Å². The van der Waals surface area contributed by atoms with E-state index in [-0.39, 0.29) is 12.6 Å². The first kappa shape index (κ1) is 15.0. The summed E-state index contributed by atoms with van der Waals surface area (Å²) in [5.74, 6) is -0.237. The fraction of sp³-hybridized carbons (Fsp3) is 0.176. The second-order valence-electron chi connectivity index (χ2n) is 4.83. The highest BCUT2D eigenvalue weighted by atomic mass is 35.5. The summed E-state index contributed by atoms with van der Waals surface area (Å²) >= 11 is 7.61. The van der Waals surface area contributed by atoms with Crippen LogP contribution in [-0.2, 0) is 22.6 Å². The van der Waals surface area contributed by atoms with Crippen LogP contribution in [0.5, 0.6) is 0 Å². The number of esters is 1. The summed E-state index contributed by atoms with van der Waals surface area (Å²) < 4.78 is 6.39. The van der Waals surface area contributed by atoms with Crippen molar-refractivity contribution in [3.63, 3.8) is 0 Å². The van der Waals surface area contributed by atoms with E-state index in [4.69, 9.17) is 16.3 Å². The SMILES string of the molecule is O=C(CCc1ccccc1Cl)OCc1nc2ccccc2s1. The van der Waals surface area contributed by atoms with Crippen LogP contribution in [-0.4, -0.2) is 11.0 Å². The Hall–Kier alpha value is -1.91. The van der Waals surface area contributed by atoms with Crippen molar-refractivity contribution in [2.24, 2.45) is 0 Å². The maximum atomic E-state index is 11.8. The van der Waals surface area contributed by atoms with E-state index in [1.165, 1.54) is 0 Å². The van der Waals surface area contributed by atoms with Crippen LogP contribution in [0.3, 0.4) is 0 Å². The Morgan fingerprint density at radius 2 is 1.91 bits per heavy atom. The van der Waals surface area contributed by atoms with Crippen molar-refractivity contribution >= 4 is 39.1 Å². The molecule has 0 aliphatic rings. The van der Waals surface area contributed by atoms with Crippen molar-refractivity contribution in [1.82, 2.24) is 4.98 Å². The highest BCUT2D eigenvalue weighted by molar-refractivity contribution is 7.18. The molecule has 1 heterocycles. The number of thiazole rings is 1.